The summed E-state index contributed by atoms with van der Waals surface area (Å²) in [6.07, 6.45) is 3.34. The summed E-state index contributed by atoms with van der Waals surface area (Å²) in [6.45, 7) is 2.17. The van der Waals surface area contributed by atoms with E-state index < -0.39 is 10.1 Å². The second kappa shape index (κ2) is 8.93. The fourth-order valence-electron chi connectivity index (χ4n) is 5.15. The minimum Gasteiger partial charge on any atom is -0.414 e. The molecule has 1 aliphatic heterocycles. The average Bonchev–Trinajstić information content (AvgIpc) is 3.52. The van der Waals surface area contributed by atoms with E-state index in [1.165, 1.54) is 0 Å². The smallest absolute Gasteiger partial charge is 0.270 e. The fourth-order valence-corrected chi connectivity index (χ4v) is 6.10. The Hall–Kier alpha value is -3.09. The van der Waals surface area contributed by atoms with Gasteiger partial charge in [-0.15, -0.1) is 10.2 Å². The van der Waals surface area contributed by atoms with Crippen LogP contribution < -0.4 is 16.0 Å². The molecule has 11 nitrogen and oxygen atoms in total. The summed E-state index contributed by atoms with van der Waals surface area (Å²) in [7, 11) is -2.10. The Bertz CT molecular complexity index is 1280. The molecule has 0 spiro atoms. The molecule has 0 amide bonds. The monoisotopic (exact) mass is 485 g/mol. The largest absolute Gasteiger partial charge is 0.414 e. The predicted octanol–water partition coefficient (Wildman–Crippen LogP) is 1.85. The van der Waals surface area contributed by atoms with Gasteiger partial charge in [-0.3, -0.25) is 4.55 Å². The molecule has 3 atom stereocenters. The first-order chi connectivity index (χ1) is 16.3. The molecular weight excluding hydrogens is 458 g/mol. The van der Waals surface area contributed by atoms with Gasteiger partial charge >= 0.3 is 0 Å². The molecule has 2 aromatic heterocycles. The van der Waals surface area contributed by atoms with E-state index in [-0.39, 0.29) is 29.3 Å². The zero-order valence-electron chi connectivity index (χ0n) is 18.8. The van der Waals surface area contributed by atoms with Gasteiger partial charge in [-0.05, 0) is 55.3 Å². The van der Waals surface area contributed by atoms with Crippen molar-refractivity contribution in [2.75, 3.05) is 36.5 Å². The molecule has 3 heterocycles. The lowest BCUT2D eigenvalue weighted by atomic mass is 9.94. The van der Waals surface area contributed by atoms with Crippen molar-refractivity contribution in [1.29, 1.82) is 0 Å². The van der Waals surface area contributed by atoms with Crippen molar-refractivity contribution < 1.29 is 17.4 Å². The number of fused-ring (bicyclic) bond motifs is 1. The van der Waals surface area contributed by atoms with Gasteiger partial charge in [-0.1, -0.05) is 12.1 Å². The predicted molar refractivity (Wildman–Crippen MR) is 126 cm³/mol. The number of nitrogens with two attached hydrogens (primary N) is 1. The number of anilines is 2. The van der Waals surface area contributed by atoms with E-state index in [0.717, 1.165) is 37.1 Å². The van der Waals surface area contributed by atoms with Crippen molar-refractivity contribution in [3.05, 3.63) is 36.0 Å². The minimum atomic E-state index is -4.00. The molecule has 0 radical (unpaired) electrons. The van der Waals surface area contributed by atoms with E-state index in [1.807, 2.05) is 31.3 Å². The Morgan fingerprint density at radius 1 is 1.18 bits per heavy atom. The van der Waals surface area contributed by atoms with Gasteiger partial charge in [0.15, 0.2) is 11.5 Å². The summed E-state index contributed by atoms with van der Waals surface area (Å²) in [5.41, 5.74) is 8.33. The van der Waals surface area contributed by atoms with E-state index in [4.69, 9.17) is 10.2 Å². The highest BCUT2D eigenvalue weighted by Gasteiger charge is 2.44. The average molecular weight is 486 g/mol. The zero-order chi connectivity index (χ0) is 23.9. The van der Waals surface area contributed by atoms with Crippen LogP contribution in [-0.2, 0) is 16.7 Å². The van der Waals surface area contributed by atoms with Crippen LogP contribution in [0.5, 0.6) is 0 Å². The number of hydrogen-bond donors (Lipinski definition) is 3. The zero-order valence-corrected chi connectivity index (χ0v) is 19.6. The molecule has 180 valence electrons. The highest BCUT2D eigenvalue weighted by atomic mass is 32.2. The Morgan fingerprint density at radius 2 is 1.94 bits per heavy atom. The molecule has 34 heavy (non-hydrogen) atoms. The molecule has 3 aromatic rings. The maximum Gasteiger partial charge on any atom is 0.270 e. The molecule has 1 unspecified atom stereocenters. The Labute approximate surface area is 197 Å². The fraction of sp³-hybridized carbons (Fsp3) is 0.455. The quantitative estimate of drug-likeness (QED) is 0.419. The van der Waals surface area contributed by atoms with Gasteiger partial charge in [-0.25, -0.2) is 9.97 Å². The standard InChI is InChI=1S/C22H27N7O4S/c1-24-8-13-2-4-14(5-3-13)21-27-28-22(33-21)19-20(23)25-9-18(26-19)29-10-15-6-7-16(17(15)11-29)12-34(30,31)32/h2-5,9,15-17,24H,6-8,10-12H2,1H3,(H2,23,25)(H,30,31,32)/t15-,16?,17-/m0/s1. The highest BCUT2D eigenvalue weighted by molar-refractivity contribution is 7.85. The van der Waals surface area contributed by atoms with Crippen LogP contribution in [0, 0.1) is 17.8 Å². The maximum atomic E-state index is 11.4. The molecule has 2 fully saturated rings. The van der Waals surface area contributed by atoms with Crippen LogP contribution in [0.1, 0.15) is 18.4 Å². The Morgan fingerprint density at radius 3 is 2.68 bits per heavy atom. The summed E-state index contributed by atoms with van der Waals surface area (Å²) in [5.74, 6) is 1.66. The van der Waals surface area contributed by atoms with Gasteiger partial charge in [0.25, 0.3) is 16.0 Å². The maximum absolute atomic E-state index is 11.4. The van der Waals surface area contributed by atoms with Gasteiger partial charge in [0.2, 0.25) is 5.89 Å². The van der Waals surface area contributed by atoms with Crippen molar-refractivity contribution in [3.8, 4) is 23.0 Å². The SMILES string of the molecule is CNCc1ccc(-c2nnc(-c3nc(N4C[C@@H]5CCC(CS(=O)(=O)O)[C@H]5C4)cnc3N)o2)cc1. The molecule has 0 bridgehead atoms. The summed E-state index contributed by atoms with van der Waals surface area (Å²) in [5, 5.41) is 11.4. The molecule has 1 saturated heterocycles. The lowest BCUT2D eigenvalue weighted by Gasteiger charge is -2.21. The molecule has 1 aliphatic carbocycles. The second-order valence-corrected chi connectivity index (χ2v) is 10.5. The molecular formula is C22H27N7O4S. The summed E-state index contributed by atoms with van der Waals surface area (Å²) >= 11 is 0. The third kappa shape index (κ3) is 4.61. The first-order valence-electron chi connectivity index (χ1n) is 11.2. The number of benzene rings is 1. The third-order valence-corrected chi connectivity index (χ3v) is 7.60. The first kappa shape index (κ1) is 22.7. The van der Waals surface area contributed by atoms with E-state index in [9.17, 15) is 13.0 Å². The van der Waals surface area contributed by atoms with E-state index >= 15 is 0 Å². The first-order valence-corrected chi connectivity index (χ1v) is 12.8. The van der Waals surface area contributed by atoms with Crippen LogP contribution in [-0.4, -0.2) is 59.0 Å². The van der Waals surface area contributed by atoms with Gasteiger partial charge in [0, 0.05) is 25.2 Å². The summed E-state index contributed by atoms with van der Waals surface area (Å²) in [6, 6.07) is 7.82. The number of rotatable bonds is 7. The normalized spacial score (nSPS) is 22.3. The van der Waals surface area contributed by atoms with Crippen LogP contribution in [0.15, 0.2) is 34.9 Å². The van der Waals surface area contributed by atoms with Crippen molar-refractivity contribution in [3.63, 3.8) is 0 Å². The van der Waals surface area contributed by atoms with E-state index in [2.05, 4.69) is 30.4 Å². The topological polar surface area (TPSA) is 160 Å². The minimum absolute atomic E-state index is 0.0517. The van der Waals surface area contributed by atoms with Crippen molar-refractivity contribution in [1.82, 2.24) is 25.5 Å². The van der Waals surface area contributed by atoms with Crippen molar-refractivity contribution >= 4 is 21.8 Å². The van der Waals surface area contributed by atoms with Gasteiger partial charge < -0.3 is 20.4 Å². The molecule has 4 N–H and O–H groups in total. The van der Waals surface area contributed by atoms with Crippen molar-refractivity contribution in [2.24, 2.45) is 17.8 Å². The molecule has 5 rings (SSSR count). The Kier molecular flexibility index (Phi) is 5.96. The van der Waals surface area contributed by atoms with Crippen LogP contribution >= 0.6 is 0 Å². The molecule has 2 aliphatic rings. The molecule has 12 heteroatoms. The van der Waals surface area contributed by atoms with Crippen molar-refractivity contribution in [2.45, 2.75) is 19.4 Å². The number of nitrogens with zero attached hydrogens (tertiary/aromatic N) is 5. The lowest BCUT2D eigenvalue weighted by molar-refractivity contribution is 0.390. The second-order valence-electron chi connectivity index (χ2n) is 9.02. The highest BCUT2D eigenvalue weighted by Crippen LogP contribution is 2.44. The van der Waals surface area contributed by atoms with E-state index in [1.54, 1.807) is 6.20 Å². The van der Waals surface area contributed by atoms with Gasteiger partial charge in [0.1, 0.15) is 5.82 Å². The van der Waals surface area contributed by atoms with Crippen LogP contribution in [0.4, 0.5) is 11.6 Å². The number of hydrogen-bond acceptors (Lipinski definition) is 10. The molecule has 1 saturated carbocycles. The van der Waals surface area contributed by atoms with Gasteiger partial charge in [-0.2, -0.15) is 8.42 Å². The Balaban J connectivity index is 1.35. The van der Waals surface area contributed by atoms with Gasteiger partial charge in [0.05, 0.1) is 11.9 Å². The summed E-state index contributed by atoms with van der Waals surface area (Å²) in [4.78, 5) is 11.0. The summed E-state index contributed by atoms with van der Waals surface area (Å²) < 4.78 is 38.0. The number of nitrogens with one attached hydrogen (secondary N) is 1. The lowest BCUT2D eigenvalue weighted by Crippen LogP contribution is -2.26. The number of aromatic nitrogens is 4. The van der Waals surface area contributed by atoms with Crippen LogP contribution in [0.25, 0.3) is 23.0 Å². The number of nitrogen functional groups attached to an aromatic ring is 1. The van der Waals surface area contributed by atoms with Crippen LogP contribution in [0.2, 0.25) is 0 Å². The third-order valence-electron chi connectivity index (χ3n) is 6.75. The van der Waals surface area contributed by atoms with Crippen LogP contribution in [0.3, 0.4) is 0 Å². The molecule has 1 aromatic carbocycles. The van der Waals surface area contributed by atoms with E-state index in [0.29, 0.717) is 29.9 Å².